The van der Waals surface area contributed by atoms with Crippen LogP contribution >= 0.6 is 0 Å². The molecule has 0 bridgehead atoms. The molecule has 3 aromatic rings. The third kappa shape index (κ3) is 9.01. The quantitative estimate of drug-likeness (QED) is 0.397. The van der Waals surface area contributed by atoms with E-state index in [-0.39, 0.29) is 6.61 Å². The first-order chi connectivity index (χ1) is 15.7. The van der Waals surface area contributed by atoms with Gasteiger partial charge in [-0.2, -0.15) is 18.9 Å². The Bertz CT molecular complexity index is 1250. The largest absolute Gasteiger partial charge is 0.398 e. The van der Waals surface area contributed by atoms with Gasteiger partial charge in [-0.05, 0) is 48.4 Å². The van der Waals surface area contributed by atoms with E-state index in [1.165, 1.54) is 6.07 Å². The average Bonchev–Trinajstić information content (AvgIpc) is 2.79. The van der Waals surface area contributed by atoms with Gasteiger partial charge in [0.25, 0.3) is 0 Å². The van der Waals surface area contributed by atoms with E-state index < -0.39 is 10.4 Å². The van der Waals surface area contributed by atoms with Gasteiger partial charge in [-0.25, -0.2) is 4.18 Å². The third-order valence-corrected chi connectivity index (χ3v) is 4.94. The van der Waals surface area contributed by atoms with E-state index in [0.29, 0.717) is 29.9 Å². The monoisotopic (exact) mass is 464 g/mol. The minimum Gasteiger partial charge on any atom is -0.398 e. The lowest BCUT2D eigenvalue weighted by Crippen LogP contribution is -2.27. The predicted octanol–water partition coefficient (Wildman–Crippen LogP) is 3.83. The molecule has 3 rings (SSSR count). The van der Waals surface area contributed by atoms with Crippen LogP contribution in [-0.4, -0.2) is 26.1 Å². The predicted molar refractivity (Wildman–Crippen MR) is 126 cm³/mol. The number of benzene rings is 3. The van der Waals surface area contributed by atoms with Crippen LogP contribution < -0.4 is 10.6 Å². The molecule has 0 aromatic heterocycles. The first-order valence-electron chi connectivity index (χ1n) is 9.89. The molecule has 0 aliphatic heterocycles. The van der Waals surface area contributed by atoms with Gasteiger partial charge in [-0.15, -0.1) is 0 Å². The number of aryl methyl sites for hydroxylation is 1. The van der Waals surface area contributed by atoms with Gasteiger partial charge in [0.1, 0.15) is 6.07 Å². The lowest BCUT2D eigenvalue weighted by Gasteiger charge is -2.25. The van der Waals surface area contributed by atoms with Crippen molar-refractivity contribution >= 4 is 21.8 Å². The molecule has 0 heterocycles. The smallest absolute Gasteiger partial charge is 0.397 e. The van der Waals surface area contributed by atoms with Crippen molar-refractivity contribution in [2.45, 2.75) is 13.5 Å². The summed E-state index contributed by atoms with van der Waals surface area (Å²) in [5, 5.41) is 16.9. The maximum absolute atomic E-state index is 10.7. The molecule has 0 saturated carbocycles. The van der Waals surface area contributed by atoms with Gasteiger partial charge in [0.15, 0.2) is 0 Å². The summed E-state index contributed by atoms with van der Waals surface area (Å²) in [5.74, 6) is 0. The molecule has 3 aromatic carbocycles. The maximum atomic E-state index is 10.7. The van der Waals surface area contributed by atoms with E-state index in [9.17, 15) is 8.42 Å². The van der Waals surface area contributed by atoms with Crippen LogP contribution in [0.25, 0.3) is 0 Å². The van der Waals surface area contributed by atoms with Gasteiger partial charge in [0.05, 0.1) is 23.8 Å². The minimum atomic E-state index is -4.41. The summed E-state index contributed by atoms with van der Waals surface area (Å²) in [4.78, 5) is 2.01. The van der Waals surface area contributed by atoms with Crippen molar-refractivity contribution in [3.8, 4) is 12.1 Å². The number of nitrogen functional groups attached to an aromatic ring is 1. The van der Waals surface area contributed by atoms with Gasteiger partial charge in [0.2, 0.25) is 0 Å². The summed E-state index contributed by atoms with van der Waals surface area (Å²) < 4.78 is 34.5. The van der Waals surface area contributed by atoms with E-state index in [0.717, 1.165) is 16.8 Å². The van der Waals surface area contributed by atoms with Crippen LogP contribution in [0.1, 0.15) is 22.3 Å². The molecule has 0 atom stereocenters. The molecule has 170 valence electrons. The van der Waals surface area contributed by atoms with Crippen LogP contribution in [0.15, 0.2) is 72.8 Å². The first-order valence-corrected chi connectivity index (χ1v) is 11.3. The Morgan fingerprint density at radius 3 is 2.33 bits per heavy atom. The molecule has 0 unspecified atom stereocenters. The van der Waals surface area contributed by atoms with Gasteiger partial charge in [-0.3, -0.25) is 4.55 Å². The molecule has 0 aliphatic carbocycles. The van der Waals surface area contributed by atoms with E-state index in [2.05, 4.69) is 4.18 Å². The van der Waals surface area contributed by atoms with Crippen LogP contribution in [0.4, 0.5) is 11.4 Å². The van der Waals surface area contributed by atoms with E-state index in [4.69, 9.17) is 20.8 Å². The van der Waals surface area contributed by atoms with E-state index >= 15 is 0 Å². The Morgan fingerprint density at radius 1 is 1.00 bits per heavy atom. The summed E-state index contributed by atoms with van der Waals surface area (Å²) in [7, 11) is -4.41. The van der Waals surface area contributed by atoms with E-state index in [1.54, 1.807) is 12.1 Å². The van der Waals surface area contributed by atoms with Crippen molar-refractivity contribution in [2.75, 3.05) is 23.8 Å². The first kappa shape index (κ1) is 25.4. The molecule has 33 heavy (non-hydrogen) atoms. The highest BCUT2D eigenvalue weighted by Gasteiger charge is 2.10. The Labute approximate surface area is 194 Å². The molecule has 0 spiro atoms. The summed E-state index contributed by atoms with van der Waals surface area (Å²) in [5.41, 5.74) is 9.84. The van der Waals surface area contributed by atoms with Crippen molar-refractivity contribution in [3.05, 3.63) is 95.1 Å². The highest BCUT2D eigenvalue weighted by atomic mass is 32.3. The molecule has 0 saturated heterocycles. The molecule has 3 N–H and O–H groups in total. The molecular formula is C24H24N4O4S. The number of nitrogens with zero attached hydrogens (tertiary/aromatic N) is 3. The zero-order valence-corrected chi connectivity index (χ0v) is 18.9. The van der Waals surface area contributed by atoms with Crippen LogP contribution in [0.2, 0.25) is 0 Å². The fraction of sp³-hybridized carbons (Fsp3) is 0.167. The van der Waals surface area contributed by atoms with Crippen LogP contribution in [-0.2, 0) is 21.1 Å². The molecule has 0 fully saturated rings. The SMILES string of the molecule is Cc1cccc(N(CCOS(=O)(=O)O)Cc2ccccc2)c1.N#Cc1ccc(N)c(C#N)c1. The molecule has 9 heteroatoms. The topological polar surface area (TPSA) is 140 Å². The highest BCUT2D eigenvalue weighted by molar-refractivity contribution is 7.80. The Kier molecular flexibility index (Phi) is 9.40. The van der Waals surface area contributed by atoms with Crippen molar-refractivity contribution in [1.29, 1.82) is 10.5 Å². The number of hydrogen-bond donors (Lipinski definition) is 2. The molecule has 0 radical (unpaired) electrons. The summed E-state index contributed by atoms with van der Waals surface area (Å²) in [6.07, 6.45) is 0. The van der Waals surface area contributed by atoms with Gasteiger partial charge in [-0.1, -0.05) is 42.5 Å². The molecular weight excluding hydrogens is 440 g/mol. The Hall–Kier alpha value is -3.89. The maximum Gasteiger partial charge on any atom is 0.397 e. The standard InChI is InChI=1S/C16H19NO4S.C8H5N3/c1-14-6-5-9-16(12-14)17(10-11-21-22(18,19)20)13-15-7-3-2-4-8-15;9-4-6-1-2-8(11)7(3-6)5-10/h2-9,12H,10-11,13H2,1H3,(H,18,19,20);1-3H,11H2. The minimum absolute atomic E-state index is 0.111. The lowest BCUT2D eigenvalue weighted by molar-refractivity contribution is 0.273. The average molecular weight is 465 g/mol. The second-order valence-corrected chi connectivity index (χ2v) is 8.11. The Morgan fingerprint density at radius 2 is 1.73 bits per heavy atom. The van der Waals surface area contributed by atoms with Crippen molar-refractivity contribution in [1.82, 2.24) is 0 Å². The van der Waals surface area contributed by atoms with Gasteiger partial charge < -0.3 is 10.6 Å². The number of rotatable bonds is 7. The van der Waals surface area contributed by atoms with Gasteiger partial charge in [0, 0.05) is 24.5 Å². The molecule has 8 nitrogen and oxygen atoms in total. The number of nitrogens with two attached hydrogens (primary N) is 1. The zero-order chi connectivity index (χ0) is 24.3. The summed E-state index contributed by atoms with van der Waals surface area (Å²) in [6.45, 7) is 2.86. The molecule has 0 aliphatic rings. The van der Waals surface area contributed by atoms with Crippen molar-refractivity contribution in [3.63, 3.8) is 0 Å². The second-order valence-electron chi connectivity index (χ2n) is 7.02. The lowest BCUT2D eigenvalue weighted by atomic mass is 10.1. The summed E-state index contributed by atoms with van der Waals surface area (Å²) >= 11 is 0. The fourth-order valence-corrected chi connectivity index (χ4v) is 3.19. The summed E-state index contributed by atoms with van der Waals surface area (Å²) in [6, 6.07) is 26.2. The third-order valence-electron chi connectivity index (χ3n) is 4.48. The Balaban J connectivity index is 0.000000294. The van der Waals surface area contributed by atoms with Crippen molar-refractivity contribution < 1.29 is 17.2 Å². The van der Waals surface area contributed by atoms with E-state index in [1.807, 2.05) is 78.6 Å². The van der Waals surface area contributed by atoms with Gasteiger partial charge >= 0.3 is 10.4 Å². The number of nitriles is 2. The normalized spacial score (nSPS) is 10.3. The van der Waals surface area contributed by atoms with Crippen molar-refractivity contribution in [2.24, 2.45) is 0 Å². The highest BCUT2D eigenvalue weighted by Crippen LogP contribution is 2.18. The zero-order valence-electron chi connectivity index (χ0n) is 18.0. The second kappa shape index (κ2) is 12.2. The van der Waals surface area contributed by atoms with Crippen LogP contribution in [0.5, 0.6) is 0 Å². The number of anilines is 2. The fourth-order valence-electron chi connectivity index (χ4n) is 2.90. The van der Waals surface area contributed by atoms with Crippen LogP contribution in [0.3, 0.4) is 0 Å². The van der Waals surface area contributed by atoms with Crippen LogP contribution in [0, 0.1) is 29.6 Å². The molecule has 0 amide bonds. The number of hydrogen-bond acceptors (Lipinski definition) is 7.